The molecule has 0 unspecified atom stereocenters. The number of rotatable bonds is 4. The first-order valence-corrected chi connectivity index (χ1v) is 4.54. The minimum atomic E-state index is -0.0419. The largest absolute Gasteiger partial charge is 0.352 e. The number of amides is 1. The molecule has 1 amide bonds. The first-order chi connectivity index (χ1) is 6.25. The van der Waals surface area contributed by atoms with Gasteiger partial charge in [-0.15, -0.1) is 0 Å². The third kappa shape index (κ3) is 2.57. The van der Waals surface area contributed by atoms with Gasteiger partial charge in [0.15, 0.2) is 0 Å². The van der Waals surface area contributed by atoms with E-state index in [0.29, 0.717) is 5.56 Å². The fourth-order valence-electron chi connectivity index (χ4n) is 1.05. The minimum absolute atomic E-state index is 0.0419. The molecule has 0 bridgehead atoms. The van der Waals surface area contributed by atoms with E-state index in [9.17, 15) is 4.79 Å². The van der Waals surface area contributed by atoms with Crippen molar-refractivity contribution in [1.82, 2.24) is 15.5 Å². The average molecular weight is 181 g/mol. The average Bonchev–Trinajstić information content (AvgIpc) is 2.52. The Bertz CT molecular complexity index is 280. The van der Waals surface area contributed by atoms with Crippen LogP contribution in [0.25, 0.3) is 0 Å². The zero-order valence-corrected chi connectivity index (χ0v) is 8.05. The lowest BCUT2D eigenvalue weighted by Gasteiger charge is -2.01. The summed E-state index contributed by atoms with van der Waals surface area (Å²) in [6.45, 7) is 4.66. The van der Waals surface area contributed by atoms with E-state index >= 15 is 0 Å². The van der Waals surface area contributed by atoms with E-state index in [1.165, 1.54) is 0 Å². The van der Waals surface area contributed by atoms with Crippen molar-refractivity contribution in [3.8, 4) is 0 Å². The van der Waals surface area contributed by atoms with Gasteiger partial charge in [0.1, 0.15) is 0 Å². The highest BCUT2D eigenvalue weighted by Gasteiger charge is 2.08. The van der Waals surface area contributed by atoms with Crippen molar-refractivity contribution in [2.75, 3.05) is 6.54 Å². The summed E-state index contributed by atoms with van der Waals surface area (Å²) in [6.07, 6.45) is 3.66. The molecule has 0 spiro atoms. The maximum absolute atomic E-state index is 11.4. The van der Waals surface area contributed by atoms with E-state index in [-0.39, 0.29) is 5.91 Å². The number of aromatic nitrogens is 2. The third-order valence-corrected chi connectivity index (χ3v) is 1.89. The van der Waals surface area contributed by atoms with Crippen LogP contribution in [0.1, 0.15) is 35.8 Å². The van der Waals surface area contributed by atoms with E-state index < -0.39 is 0 Å². The highest BCUT2D eigenvalue weighted by molar-refractivity contribution is 5.94. The van der Waals surface area contributed by atoms with Crippen molar-refractivity contribution in [2.24, 2.45) is 0 Å². The molecule has 1 aromatic rings. The second-order valence-corrected chi connectivity index (χ2v) is 3.02. The van der Waals surface area contributed by atoms with Crippen LogP contribution in [0, 0.1) is 6.92 Å². The number of aryl methyl sites for hydroxylation is 1. The molecule has 1 aromatic heterocycles. The number of hydrogen-bond acceptors (Lipinski definition) is 2. The molecule has 0 saturated carbocycles. The van der Waals surface area contributed by atoms with E-state index in [0.717, 1.165) is 25.1 Å². The van der Waals surface area contributed by atoms with Gasteiger partial charge >= 0.3 is 0 Å². The van der Waals surface area contributed by atoms with Gasteiger partial charge in [0.25, 0.3) is 5.91 Å². The number of nitrogens with zero attached hydrogens (tertiary/aromatic N) is 1. The lowest BCUT2D eigenvalue weighted by Crippen LogP contribution is -2.24. The predicted octanol–water partition coefficient (Wildman–Crippen LogP) is 1.25. The number of hydrogen-bond donors (Lipinski definition) is 2. The summed E-state index contributed by atoms with van der Waals surface area (Å²) in [5.41, 5.74) is 1.45. The van der Waals surface area contributed by atoms with Crippen LogP contribution >= 0.6 is 0 Å². The van der Waals surface area contributed by atoms with Crippen LogP contribution in [-0.2, 0) is 0 Å². The van der Waals surface area contributed by atoms with Gasteiger partial charge in [-0.05, 0) is 13.3 Å². The topological polar surface area (TPSA) is 57.8 Å². The lowest BCUT2D eigenvalue weighted by atomic mass is 10.2. The van der Waals surface area contributed by atoms with E-state index in [1.54, 1.807) is 6.20 Å². The number of unbranched alkanes of at least 4 members (excludes halogenated alkanes) is 1. The van der Waals surface area contributed by atoms with E-state index in [1.807, 2.05) is 6.92 Å². The van der Waals surface area contributed by atoms with Crippen LogP contribution in [-0.4, -0.2) is 22.6 Å². The minimum Gasteiger partial charge on any atom is -0.352 e. The van der Waals surface area contributed by atoms with E-state index in [2.05, 4.69) is 22.4 Å². The number of carbonyl (C=O) groups is 1. The molecule has 0 radical (unpaired) electrons. The molecule has 0 aliphatic carbocycles. The van der Waals surface area contributed by atoms with Crippen LogP contribution in [0.15, 0.2) is 6.20 Å². The Hall–Kier alpha value is -1.32. The molecule has 1 heterocycles. The fourth-order valence-corrected chi connectivity index (χ4v) is 1.05. The van der Waals surface area contributed by atoms with Gasteiger partial charge < -0.3 is 5.32 Å². The Morgan fingerprint density at radius 3 is 3.00 bits per heavy atom. The Labute approximate surface area is 77.7 Å². The van der Waals surface area contributed by atoms with Crippen molar-refractivity contribution >= 4 is 5.91 Å². The maximum atomic E-state index is 11.4. The first-order valence-electron chi connectivity index (χ1n) is 4.54. The molecule has 72 valence electrons. The highest BCUT2D eigenvalue weighted by atomic mass is 16.1. The Morgan fingerprint density at radius 1 is 1.69 bits per heavy atom. The SMILES string of the molecule is CCCCNC(=O)c1cn[nH]c1C. The number of aromatic amines is 1. The Morgan fingerprint density at radius 2 is 2.46 bits per heavy atom. The molecule has 13 heavy (non-hydrogen) atoms. The van der Waals surface area contributed by atoms with Crippen molar-refractivity contribution in [2.45, 2.75) is 26.7 Å². The van der Waals surface area contributed by atoms with Crippen molar-refractivity contribution < 1.29 is 4.79 Å². The lowest BCUT2D eigenvalue weighted by molar-refractivity contribution is 0.0952. The van der Waals surface area contributed by atoms with Gasteiger partial charge in [0.2, 0.25) is 0 Å². The van der Waals surface area contributed by atoms with Crippen molar-refractivity contribution in [3.63, 3.8) is 0 Å². The molecule has 1 rings (SSSR count). The molecule has 0 saturated heterocycles. The van der Waals surface area contributed by atoms with Gasteiger partial charge in [-0.25, -0.2) is 0 Å². The monoisotopic (exact) mass is 181 g/mol. The van der Waals surface area contributed by atoms with Gasteiger partial charge in [-0.3, -0.25) is 9.89 Å². The summed E-state index contributed by atoms with van der Waals surface area (Å²) >= 11 is 0. The quantitative estimate of drug-likeness (QED) is 0.687. The standard InChI is InChI=1S/C9H15N3O/c1-3-4-5-10-9(13)8-6-11-12-7(8)2/h6H,3-5H2,1-2H3,(H,10,13)(H,11,12). The molecule has 0 fully saturated rings. The van der Waals surface area contributed by atoms with Crippen LogP contribution in [0.4, 0.5) is 0 Å². The predicted molar refractivity (Wildman–Crippen MR) is 50.6 cm³/mol. The van der Waals surface area contributed by atoms with Gasteiger partial charge in [-0.2, -0.15) is 5.10 Å². The van der Waals surface area contributed by atoms with E-state index in [4.69, 9.17) is 0 Å². The fraction of sp³-hybridized carbons (Fsp3) is 0.556. The summed E-state index contributed by atoms with van der Waals surface area (Å²) in [6, 6.07) is 0. The zero-order valence-electron chi connectivity index (χ0n) is 8.05. The summed E-state index contributed by atoms with van der Waals surface area (Å²) < 4.78 is 0. The van der Waals surface area contributed by atoms with Crippen molar-refractivity contribution in [1.29, 1.82) is 0 Å². The van der Waals surface area contributed by atoms with Crippen LogP contribution in [0.2, 0.25) is 0 Å². The molecule has 0 atom stereocenters. The number of nitrogens with one attached hydrogen (secondary N) is 2. The van der Waals surface area contributed by atoms with Crippen LogP contribution in [0.5, 0.6) is 0 Å². The molecular weight excluding hydrogens is 166 g/mol. The summed E-state index contributed by atoms with van der Waals surface area (Å²) in [5.74, 6) is -0.0419. The molecule has 0 aliphatic rings. The van der Waals surface area contributed by atoms with Gasteiger partial charge in [0.05, 0.1) is 11.8 Å². The number of H-pyrrole nitrogens is 1. The summed E-state index contributed by atoms with van der Waals surface area (Å²) in [5, 5.41) is 9.34. The Kier molecular flexibility index (Phi) is 3.49. The van der Waals surface area contributed by atoms with Crippen LogP contribution < -0.4 is 5.32 Å². The van der Waals surface area contributed by atoms with Crippen LogP contribution in [0.3, 0.4) is 0 Å². The third-order valence-electron chi connectivity index (χ3n) is 1.89. The normalized spacial score (nSPS) is 10.0. The van der Waals surface area contributed by atoms with Gasteiger partial charge in [-0.1, -0.05) is 13.3 Å². The highest BCUT2D eigenvalue weighted by Crippen LogP contribution is 2.01. The molecule has 4 nitrogen and oxygen atoms in total. The molecule has 0 aliphatic heterocycles. The maximum Gasteiger partial charge on any atom is 0.254 e. The molecule has 4 heteroatoms. The summed E-state index contributed by atoms with van der Waals surface area (Å²) in [4.78, 5) is 11.4. The second kappa shape index (κ2) is 4.64. The molecule has 0 aromatic carbocycles. The second-order valence-electron chi connectivity index (χ2n) is 3.02. The first kappa shape index (κ1) is 9.77. The number of carbonyl (C=O) groups excluding carboxylic acids is 1. The molecule has 2 N–H and O–H groups in total. The summed E-state index contributed by atoms with van der Waals surface area (Å²) in [7, 11) is 0. The van der Waals surface area contributed by atoms with Gasteiger partial charge in [0, 0.05) is 12.2 Å². The smallest absolute Gasteiger partial charge is 0.254 e. The molecular formula is C9H15N3O. The Balaban J connectivity index is 2.45. The zero-order chi connectivity index (χ0) is 9.68. The van der Waals surface area contributed by atoms with Crippen molar-refractivity contribution in [3.05, 3.63) is 17.5 Å².